The number of fused-ring (bicyclic) bond motifs is 1. The zero-order valence-corrected chi connectivity index (χ0v) is 13.6. The minimum atomic E-state index is -0.549. The molecule has 0 unspecified atom stereocenters. The van der Waals surface area contributed by atoms with Crippen LogP contribution in [-0.2, 0) is 7.05 Å². The Morgan fingerprint density at radius 1 is 1.17 bits per heavy atom. The predicted molar refractivity (Wildman–Crippen MR) is 95.7 cm³/mol. The number of amides is 1. The topological polar surface area (TPSA) is 63.5 Å². The Morgan fingerprint density at radius 2 is 1.88 bits per heavy atom. The fraction of sp³-hybridized carbons (Fsp3) is 0.0556. The average molecular weight is 340 g/mol. The van der Waals surface area contributed by atoms with E-state index in [1.807, 2.05) is 12.1 Å². The first-order chi connectivity index (χ1) is 11.6. The van der Waals surface area contributed by atoms with Gasteiger partial charge in [0, 0.05) is 23.7 Å². The summed E-state index contributed by atoms with van der Waals surface area (Å²) in [5, 5.41) is 5.00. The normalized spacial score (nSPS) is 11.1. The highest BCUT2D eigenvalue weighted by Gasteiger charge is 2.13. The summed E-state index contributed by atoms with van der Waals surface area (Å²) in [7, 11) is 1.79. The molecular formula is C18H14ClN3O2. The van der Waals surface area contributed by atoms with Crippen LogP contribution in [0.25, 0.3) is 10.9 Å². The molecule has 0 saturated carbocycles. The fourth-order valence-corrected chi connectivity index (χ4v) is 2.50. The van der Waals surface area contributed by atoms with Crippen molar-refractivity contribution < 1.29 is 4.79 Å². The highest BCUT2D eigenvalue weighted by Crippen LogP contribution is 2.10. The number of aryl methyl sites for hydroxylation is 1. The number of aromatic nitrogens is 1. The van der Waals surface area contributed by atoms with Crippen molar-refractivity contribution in [2.24, 2.45) is 12.1 Å². The second-order valence-corrected chi connectivity index (χ2v) is 5.69. The summed E-state index contributed by atoms with van der Waals surface area (Å²) >= 11 is 5.80. The summed E-state index contributed by atoms with van der Waals surface area (Å²) in [5.74, 6) is -0.549. The molecule has 3 rings (SSSR count). The summed E-state index contributed by atoms with van der Waals surface area (Å²) in [6.45, 7) is 0. The standard InChI is InChI=1S/C18H14ClN3O2/c1-22-11-15(17(23)14-4-2-3-5-16(14)22)18(24)21-20-10-12-6-8-13(19)9-7-12/h2-11H,1H3,(H,21,24)/b20-10+. The van der Waals surface area contributed by atoms with Gasteiger partial charge in [0.25, 0.3) is 5.91 Å². The Morgan fingerprint density at radius 3 is 2.62 bits per heavy atom. The van der Waals surface area contributed by atoms with Crippen molar-refractivity contribution >= 4 is 34.6 Å². The third-order valence-electron chi connectivity index (χ3n) is 3.59. The zero-order chi connectivity index (χ0) is 17.1. The molecule has 24 heavy (non-hydrogen) atoms. The van der Waals surface area contributed by atoms with Gasteiger partial charge in [0.15, 0.2) is 0 Å². The molecule has 0 radical (unpaired) electrons. The van der Waals surface area contributed by atoms with Crippen LogP contribution >= 0.6 is 11.6 Å². The number of halogens is 1. The molecule has 0 aliphatic heterocycles. The van der Waals surface area contributed by atoms with Gasteiger partial charge in [-0.05, 0) is 29.8 Å². The first kappa shape index (κ1) is 16.0. The molecule has 1 aromatic heterocycles. The van der Waals surface area contributed by atoms with Crippen LogP contribution in [0.5, 0.6) is 0 Å². The quantitative estimate of drug-likeness (QED) is 0.589. The lowest BCUT2D eigenvalue weighted by atomic mass is 10.1. The molecule has 0 atom stereocenters. The lowest BCUT2D eigenvalue weighted by molar-refractivity contribution is 0.0953. The van der Waals surface area contributed by atoms with E-state index in [1.54, 1.807) is 48.0 Å². The first-order valence-electron chi connectivity index (χ1n) is 7.23. The highest BCUT2D eigenvalue weighted by atomic mass is 35.5. The monoisotopic (exact) mass is 339 g/mol. The lowest BCUT2D eigenvalue weighted by Gasteiger charge is -2.07. The Balaban J connectivity index is 1.85. The second-order valence-electron chi connectivity index (χ2n) is 5.25. The second kappa shape index (κ2) is 6.68. The van der Waals surface area contributed by atoms with E-state index in [9.17, 15) is 9.59 Å². The van der Waals surface area contributed by atoms with Crippen molar-refractivity contribution in [3.8, 4) is 0 Å². The maximum absolute atomic E-state index is 12.5. The van der Waals surface area contributed by atoms with Crippen LogP contribution in [-0.4, -0.2) is 16.7 Å². The Hall–Kier alpha value is -2.92. The van der Waals surface area contributed by atoms with Gasteiger partial charge in [-0.15, -0.1) is 0 Å². The van der Waals surface area contributed by atoms with Crippen molar-refractivity contribution in [3.63, 3.8) is 0 Å². The predicted octanol–water partition coefficient (Wildman–Crippen LogP) is 2.96. The minimum absolute atomic E-state index is 0.0458. The number of hydrogen-bond acceptors (Lipinski definition) is 3. The number of rotatable bonds is 3. The molecule has 0 aliphatic rings. The number of benzene rings is 2. The molecule has 0 aliphatic carbocycles. The van der Waals surface area contributed by atoms with Crippen LogP contribution in [0, 0.1) is 0 Å². The van der Waals surface area contributed by atoms with E-state index >= 15 is 0 Å². The molecular weight excluding hydrogens is 326 g/mol. The fourth-order valence-electron chi connectivity index (χ4n) is 2.38. The van der Waals surface area contributed by atoms with E-state index in [0.717, 1.165) is 11.1 Å². The van der Waals surface area contributed by atoms with Gasteiger partial charge in [-0.1, -0.05) is 35.9 Å². The van der Waals surface area contributed by atoms with Crippen molar-refractivity contribution in [1.82, 2.24) is 9.99 Å². The van der Waals surface area contributed by atoms with Gasteiger partial charge >= 0.3 is 0 Å². The van der Waals surface area contributed by atoms with Crippen LogP contribution in [0.4, 0.5) is 0 Å². The van der Waals surface area contributed by atoms with E-state index in [0.29, 0.717) is 10.4 Å². The molecule has 6 heteroatoms. The van der Waals surface area contributed by atoms with Crippen LogP contribution in [0.15, 0.2) is 64.6 Å². The summed E-state index contributed by atoms with van der Waals surface area (Å²) in [5.41, 5.74) is 3.66. The number of nitrogens with one attached hydrogen (secondary N) is 1. The molecule has 120 valence electrons. The lowest BCUT2D eigenvalue weighted by Crippen LogP contribution is -2.26. The molecule has 2 aromatic carbocycles. The van der Waals surface area contributed by atoms with Crippen molar-refractivity contribution in [2.75, 3.05) is 0 Å². The van der Waals surface area contributed by atoms with Crippen LogP contribution in [0.2, 0.25) is 5.02 Å². The molecule has 0 fully saturated rings. The third kappa shape index (κ3) is 3.21. The smallest absolute Gasteiger partial charge is 0.276 e. The van der Waals surface area contributed by atoms with Gasteiger partial charge in [-0.2, -0.15) is 5.10 Å². The molecule has 1 amide bonds. The Kier molecular flexibility index (Phi) is 4.44. The van der Waals surface area contributed by atoms with E-state index in [-0.39, 0.29) is 11.0 Å². The third-order valence-corrected chi connectivity index (χ3v) is 3.84. The number of pyridine rings is 1. The first-order valence-corrected chi connectivity index (χ1v) is 7.61. The van der Waals surface area contributed by atoms with E-state index in [4.69, 9.17) is 11.6 Å². The molecule has 0 bridgehead atoms. The van der Waals surface area contributed by atoms with E-state index < -0.39 is 5.91 Å². The van der Waals surface area contributed by atoms with Crippen molar-refractivity contribution in [1.29, 1.82) is 0 Å². The van der Waals surface area contributed by atoms with Crippen LogP contribution < -0.4 is 10.9 Å². The average Bonchev–Trinajstić information content (AvgIpc) is 2.60. The molecule has 3 aromatic rings. The van der Waals surface area contributed by atoms with Crippen molar-refractivity contribution in [3.05, 3.63) is 81.1 Å². The van der Waals surface area contributed by atoms with Gasteiger partial charge < -0.3 is 4.57 Å². The molecule has 5 nitrogen and oxygen atoms in total. The maximum atomic E-state index is 12.5. The minimum Gasteiger partial charge on any atom is -0.350 e. The van der Waals surface area contributed by atoms with Crippen molar-refractivity contribution in [2.45, 2.75) is 0 Å². The molecule has 1 N–H and O–H groups in total. The van der Waals surface area contributed by atoms with Gasteiger partial charge in [-0.25, -0.2) is 5.43 Å². The Bertz CT molecular complexity index is 991. The van der Waals surface area contributed by atoms with Gasteiger partial charge in [0.2, 0.25) is 5.43 Å². The Labute approximate surface area is 143 Å². The summed E-state index contributed by atoms with van der Waals surface area (Å²) in [6, 6.07) is 14.1. The maximum Gasteiger partial charge on any atom is 0.276 e. The zero-order valence-electron chi connectivity index (χ0n) is 12.9. The largest absolute Gasteiger partial charge is 0.350 e. The summed E-state index contributed by atoms with van der Waals surface area (Å²) < 4.78 is 1.74. The number of para-hydroxylation sites is 1. The number of carbonyl (C=O) groups is 1. The number of carbonyl (C=O) groups excluding carboxylic acids is 1. The number of hydrazone groups is 1. The van der Waals surface area contributed by atoms with E-state index in [1.165, 1.54) is 12.4 Å². The highest BCUT2D eigenvalue weighted by molar-refractivity contribution is 6.30. The van der Waals surface area contributed by atoms with Crippen LogP contribution in [0.1, 0.15) is 15.9 Å². The number of nitrogens with zero attached hydrogens (tertiary/aromatic N) is 2. The van der Waals surface area contributed by atoms with Gasteiger partial charge in [-0.3, -0.25) is 9.59 Å². The van der Waals surface area contributed by atoms with Crippen LogP contribution in [0.3, 0.4) is 0 Å². The molecule has 0 saturated heterocycles. The molecule has 1 heterocycles. The number of hydrogen-bond donors (Lipinski definition) is 1. The van der Waals surface area contributed by atoms with Gasteiger partial charge in [0.05, 0.1) is 11.7 Å². The SMILES string of the molecule is Cn1cc(C(=O)N/N=C/c2ccc(Cl)cc2)c(=O)c2ccccc21. The van der Waals surface area contributed by atoms with Gasteiger partial charge in [0.1, 0.15) is 5.56 Å². The summed E-state index contributed by atoms with van der Waals surface area (Å²) in [6.07, 6.45) is 3.00. The van der Waals surface area contributed by atoms with E-state index in [2.05, 4.69) is 10.5 Å². The summed E-state index contributed by atoms with van der Waals surface area (Å²) in [4.78, 5) is 24.7. The molecule has 0 spiro atoms.